The highest BCUT2D eigenvalue weighted by atomic mass is 32.2. The second kappa shape index (κ2) is 6.43. The number of halogens is 1. The molecule has 0 atom stereocenters. The molecule has 0 heterocycles. The van der Waals surface area contributed by atoms with Gasteiger partial charge in [-0.05, 0) is 39.0 Å². The lowest BCUT2D eigenvalue weighted by Crippen LogP contribution is -2.42. The molecule has 1 N–H and O–H groups in total. The zero-order valence-electron chi connectivity index (χ0n) is 12.7. The number of carbonyl (C=O) groups excluding carboxylic acids is 1. The number of benzene rings is 1. The van der Waals surface area contributed by atoms with E-state index in [1.807, 2.05) is 20.8 Å². The highest BCUT2D eigenvalue weighted by Crippen LogP contribution is 2.19. The van der Waals surface area contributed by atoms with Crippen LogP contribution in [-0.4, -0.2) is 32.7 Å². The van der Waals surface area contributed by atoms with Crippen molar-refractivity contribution < 1.29 is 17.6 Å². The van der Waals surface area contributed by atoms with Crippen LogP contribution < -0.4 is 9.62 Å². The van der Waals surface area contributed by atoms with Gasteiger partial charge in [-0.15, -0.1) is 0 Å². The zero-order valence-corrected chi connectivity index (χ0v) is 13.5. The summed E-state index contributed by atoms with van der Waals surface area (Å²) in [5.74, 6) is -0.784. The van der Waals surface area contributed by atoms with Crippen LogP contribution in [0.15, 0.2) is 24.3 Å². The first kappa shape index (κ1) is 17.4. The fourth-order valence-corrected chi connectivity index (χ4v) is 2.72. The van der Waals surface area contributed by atoms with Crippen molar-refractivity contribution in [3.8, 4) is 0 Å². The fraction of sp³-hybridized carbons (Fsp3) is 0.500. The van der Waals surface area contributed by atoms with Gasteiger partial charge < -0.3 is 5.32 Å². The Morgan fingerprint density at radius 2 is 1.95 bits per heavy atom. The van der Waals surface area contributed by atoms with Gasteiger partial charge in [-0.25, -0.2) is 12.8 Å². The maximum atomic E-state index is 13.2. The van der Waals surface area contributed by atoms with Gasteiger partial charge in [0.15, 0.2) is 0 Å². The van der Waals surface area contributed by atoms with Crippen LogP contribution in [0.1, 0.15) is 27.2 Å². The van der Waals surface area contributed by atoms with E-state index in [0.29, 0.717) is 0 Å². The number of hydrogen-bond acceptors (Lipinski definition) is 3. The first-order valence-corrected chi connectivity index (χ1v) is 8.38. The molecule has 1 aromatic carbocycles. The highest BCUT2D eigenvalue weighted by molar-refractivity contribution is 7.92. The van der Waals surface area contributed by atoms with Crippen LogP contribution >= 0.6 is 0 Å². The molecule has 0 spiro atoms. The third-order valence-corrected chi connectivity index (χ3v) is 3.75. The number of nitrogens with zero attached hydrogens (tertiary/aromatic N) is 1. The summed E-state index contributed by atoms with van der Waals surface area (Å²) in [6, 6.07) is 5.28. The first-order chi connectivity index (χ1) is 9.49. The third kappa shape index (κ3) is 6.12. The summed E-state index contributed by atoms with van der Waals surface area (Å²) in [5.41, 5.74) is -0.174. The SMILES string of the molecule is CC(C)(C)NC(=O)CCN(c1cccc(F)c1)S(C)(=O)=O. The molecule has 21 heavy (non-hydrogen) atoms. The molecule has 0 saturated heterocycles. The molecule has 0 saturated carbocycles. The molecule has 7 heteroatoms. The molecule has 0 aliphatic rings. The summed E-state index contributed by atoms with van der Waals surface area (Å²) in [6.07, 6.45) is 1.03. The van der Waals surface area contributed by atoms with Gasteiger partial charge in [-0.1, -0.05) is 6.07 Å². The van der Waals surface area contributed by atoms with E-state index in [1.54, 1.807) is 0 Å². The average Bonchev–Trinajstić information content (AvgIpc) is 2.24. The number of rotatable bonds is 5. The standard InChI is InChI=1S/C14H21FN2O3S/c1-14(2,3)16-13(18)8-9-17(21(4,19)20)12-7-5-6-11(15)10-12/h5-7,10H,8-9H2,1-4H3,(H,16,18). The van der Waals surface area contributed by atoms with E-state index in [2.05, 4.69) is 5.32 Å². The molecule has 0 aromatic heterocycles. The Kier molecular flexibility index (Phi) is 5.33. The highest BCUT2D eigenvalue weighted by Gasteiger charge is 2.20. The molecule has 0 radical (unpaired) electrons. The van der Waals surface area contributed by atoms with Crippen LogP contribution in [0.5, 0.6) is 0 Å². The molecule has 0 fully saturated rings. The van der Waals surface area contributed by atoms with Crippen LogP contribution in [0.25, 0.3) is 0 Å². The Morgan fingerprint density at radius 1 is 1.33 bits per heavy atom. The predicted octanol–water partition coefficient (Wildman–Crippen LogP) is 1.90. The van der Waals surface area contributed by atoms with Gasteiger partial charge >= 0.3 is 0 Å². The summed E-state index contributed by atoms with van der Waals surface area (Å²) in [6.45, 7) is 5.48. The van der Waals surface area contributed by atoms with Crippen LogP contribution in [0.3, 0.4) is 0 Å². The topological polar surface area (TPSA) is 66.5 Å². The van der Waals surface area contributed by atoms with E-state index in [1.165, 1.54) is 18.2 Å². The smallest absolute Gasteiger partial charge is 0.232 e. The molecule has 5 nitrogen and oxygen atoms in total. The number of sulfonamides is 1. The van der Waals surface area contributed by atoms with Crippen molar-refractivity contribution in [3.63, 3.8) is 0 Å². The fourth-order valence-electron chi connectivity index (χ4n) is 1.80. The molecular formula is C14H21FN2O3S. The Morgan fingerprint density at radius 3 is 2.43 bits per heavy atom. The Labute approximate surface area is 125 Å². The Balaban J connectivity index is 2.85. The lowest BCUT2D eigenvalue weighted by molar-refractivity contribution is -0.122. The van der Waals surface area contributed by atoms with Crippen molar-refractivity contribution in [1.82, 2.24) is 5.32 Å². The van der Waals surface area contributed by atoms with Crippen LogP contribution in [0.4, 0.5) is 10.1 Å². The molecule has 0 aliphatic heterocycles. The van der Waals surface area contributed by atoms with Gasteiger partial charge in [0.2, 0.25) is 15.9 Å². The summed E-state index contributed by atoms with van der Waals surface area (Å²) >= 11 is 0. The van der Waals surface area contributed by atoms with E-state index in [9.17, 15) is 17.6 Å². The van der Waals surface area contributed by atoms with E-state index in [-0.39, 0.29) is 30.1 Å². The predicted molar refractivity (Wildman–Crippen MR) is 81.1 cm³/mol. The van der Waals surface area contributed by atoms with E-state index >= 15 is 0 Å². The maximum absolute atomic E-state index is 13.2. The normalized spacial score (nSPS) is 12.0. The van der Waals surface area contributed by atoms with Gasteiger partial charge in [-0.3, -0.25) is 9.10 Å². The van der Waals surface area contributed by atoms with Gasteiger partial charge in [0.1, 0.15) is 5.82 Å². The molecule has 1 amide bonds. The summed E-state index contributed by atoms with van der Waals surface area (Å²) in [5, 5.41) is 2.75. The summed E-state index contributed by atoms with van der Waals surface area (Å²) < 4.78 is 37.9. The second-order valence-corrected chi connectivity index (χ2v) is 7.77. The van der Waals surface area contributed by atoms with Crippen molar-refractivity contribution >= 4 is 21.6 Å². The molecular weight excluding hydrogens is 295 g/mol. The van der Waals surface area contributed by atoms with E-state index in [0.717, 1.165) is 16.6 Å². The monoisotopic (exact) mass is 316 g/mol. The number of nitrogens with one attached hydrogen (secondary N) is 1. The van der Waals surface area contributed by atoms with Crippen LogP contribution in [0.2, 0.25) is 0 Å². The lowest BCUT2D eigenvalue weighted by atomic mass is 10.1. The molecule has 1 aromatic rings. The number of amides is 1. The number of carbonyl (C=O) groups is 1. The summed E-state index contributed by atoms with van der Waals surface area (Å²) in [7, 11) is -3.59. The van der Waals surface area contributed by atoms with Gasteiger partial charge in [0.25, 0.3) is 0 Å². The van der Waals surface area contributed by atoms with Gasteiger partial charge in [-0.2, -0.15) is 0 Å². The first-order valence-electron chi connectivity index (χ1n) is 6.53. The van der Waals surface area contributed by atoms with Crippen LogP contribution in [-0.2, 0) is 14.8 Å². The van der Waals surface area contributed by atoms with Crippen molar-refractivity contribution in [2.45, 2.75) is 32.7 Å². The molecule has 118 valence electrons. The Hall–Kier alpha value is -1.63. The van der Waals surface area contributed by atoms with Gasteiger partial charge in [0, 0.05) is 18.5 Å². The largest absolute Gasteiger partial charge is 0.351 e. The molecule has 0 bridgehead atoms. The summed E-state index contributed by atoms with van der Waals surface area (Å²) in [4.78, 5) is 11.8. The minimum atomic E-state index is -3.59. The van der Waals surface area contributed by atoms with Crippen molar-refractivity contribution in [2.75, 3.05) is 17.1 Å². The number of hydrogen-bond donors (Lipinski definition) is 1. The second-order valence-electron chi connectivity index (χ2n) is 5.86. The molecule has 0 unspecified atom stereocenters. The minimum absolute atomic E-state index is 0.000847. The Bertz CT molecular complexity index is 609. The molecule has 0 aliphatic carbocycles. The molecule has 1 rings (SSSR count). The lowest BCUT2D eigenvalue weighted by Gasteiger charge is -2.24. The maximum Gasteiger partial charge on any atom is 0.232 e. The quantitative estimate of drug-likeness (QED) is 0.902. The minimum Gasteiger partial charge on any atom is -0.351 e. The zero-order chi connectivity index (χ0) is 16.3. The van der Waals surface area contributed by atoms with Crippen molar-refractivity contribution in [3.05, 3.63) is 30.1 Å². The average molecular weight is 316 g/mol. The number of anilines is 1. The van der Waals surface area contributed by atoms with Crippen molar-refractivity contribution in [1.29, 1.82) is 0 Å². The van der Waals surface area contributed by atoms with Crippen molar-refractivity contribution in [2.24, 2.45) is 0 Å². The third-order valence-electron chi connectivity index (χ3n) is 2.55. The van der Waals surface area contributed by atoms with Crippen LogP contribution in [0, 0.1) is 5.82 Å². The van der Waals surface area contributed by atoms with Gasteiger partial charge in [0.05, 0.1) is 11.9 Å². The van der Waals surface area contributed by atoms with E-state index in [4.69, 9.17) is 0 Å². The van der Waals surface area contributed by atoms with E-state index < -0.39 is 15.8 Å².